The fourth-order valence-corrected chi connectivity index (χ4v) is 5.86. The lowest BCUT2D eigenvalue weighted by molar-refractivity contribution is -0.129. The molecule has 3 heterocycles. The van der Waals surface area contributed by atoms with Crippen molar-refractivity contribution in [3.05, 3.63) is 36.0 Å². The zero-order chi connectivity index (χ0) is 21.6. The van der Waals surface area contributed by atoms with E-state index in [1.807, 2.05) is 18.2 Å². The fourth-order valence-electron chi connectivity index (χ4n) is 4.76. The predicted octanol–water partition coefficient (Wildman–Crippen LogP) is 2.33. The standard InChI is InChI=1S/C22H22FN5O2S/c23-14-6-22(7-14)11-27(12-22)15-1-2-19-18(5-15)17(3-4-25-19)21(30)26-9-20(29)28-13-31-10-16(28)8-24/h1-5,14,16H,6-7,9-13H2,(H,26,30). The molecule has 0 radical (unpaired) electrons. The highest BCUT2D eigenvalue weighted by molar-refractivity contribution is 7.99. The van der Waals surface area contributed by atoms with E-state index in [1.165, 1.54) is 16.7 Å². The fraction of sp³-hybridized carbons (Fsp3) is 0.455. The number of alkyl halides is 1. The molecular weight excluding hydrogens is 417 g/mol. The highest BCUT2D eigenvalue weighted by Crippen LogP contribution is 2.51. The molecule has 31 heavy (non-hydrogen) atoms. The first-order chi connectivity index (χ1) is 15.0. The van der Waals surface area contributed by atoms with E-state index >= 15 is 0 Å². The minimum atomic E-state index is -0.663. The number of nitrogens with one attached hydrogen (secondary N) is 1. The Morgan fingerprint density at radius 2 is 2.13 bits per heavy atom. The first-order valence-corrected chi connectivity index (χ1v) is 11.5. The van der Waals surface area contributed by atoms with Crippen LogP contribution in [0.25, 0.3) is 10.9 Å². The van der Waals surface area contributed by atoms with E-state index in [0.29, 0.717) is 35.6 Å². The summed E-state index contributed by atoms with van der Waals surface area (Å²) in [6.07, 6.45) is 2.20. The number of hydrogen-bond acceptors (Lipinski definition) is 6. The van der Waals surface area contributed by atoms with Crippen molar-refractivity contribution >= 4 is 40.2 Å². The van der Waals surface area contributed by atoms with Crippen molar-refractivity contribution in [2.24, 2.45) is 5.41 Å². The van der Waals surface area contributed by atoms with Crippen LogP contribution in [0, 0.1) is 16.7 Å². The number of nitrogens with zero attached hydrogens (tertiary/aromatic N) is 4. The van der Waals surface area contributed by atoms with Gasteiger partial charge in [0.2, 0.25) is 5.91 Å². The summed E-state index contributed by atoms with van der Waals surface area (Å²) in [5, 5.41) is 12.6. The normalized spacial score (nSPS) is 22.1. The molecule has 9 heteroatoms. The molecule has 1 aromatic carbocycles. The summed E-state index contributed by atoms with van der Waals surface area (Å²) < 4.78 is 13.3. The lowest BCUT2D eigenvalue weighted by Gasteiger charge is -2.58. The lowest BCUT2D eigenvalue weighted by Crippen LogP contribution is -2.63. The van der Waals surface area contributed by atoms with E-state index in [4.69, 9.17) is 5.26 Å². The second kappa shape index (κ2) is 7.68. The molecule has 1 saturated carbocycles. The van der Waals surface area contributed by atoms with Gasteiger partial charge in [0.15, 0.2) is 0 Å². The van der Waals surface area contributed by atoms with E-state index < -0.39 is 12.2 Å². The maximum Gasteiger partial charge on any atom is 0.252 e. The van der Waals surface area contributed by atoms with Crippen molar-refractivity contribution < 1.29 is 14.0 Å². The van der Waals surface area contributed by atoms with E-state index in [2.05, 4.69) is 21.3 Å². The average molecular weight is 440 g/mol. The van der Waals surface area contributed by atoms with Gasteiger partial charge < -0.3 is 15.1 Å². The Bertz CT molecular complexity index is 1090. The Labute approximate surface area is 183 Å². The maximum atomic E-state index is 13.3. The zero-order valence-corrected chi connectivity index (χ0v) is 17.7. The first kappa shape index (κ1) is 20.1. The van der Waals surface area contributed by atoms with Crippen molar-refractivity contribution in [2.75, 3.05) is 36.2 Å². The molecule has 1 aliphatic carbocycles. The van der Waals surface area contributed by atoms with E-state index in [1.54, 1.807) is 12.3 Å². The minimum Gasteiger partial charge on any atom is -0.370 e. The highest BCUT2D eigenvalue weighted by atomic mass is 32.2. The number of benzene rings is 1. The number of halogens is 1. The van der Waals surface area contributed by atoms with Gasteiger partial charge in [0.05, 0.1) is 29.6 Å². The van der Waals surface area contributed by atoms with E-state index in [0.717, 1.165) is 24.2 Å². The van der Waals surface area contributed by atoms with Crippen LogP contribution in [-0.4, -0.2) is 65.2 Å². The van der Waals surface area contributed by atoms with Gasteiger partial charge in [0.1, 0.15) is 12.2 Å². The van der Waals surface area contributed by atoms with Crippen molar-refractivity contribution in [1.82, 2.24) is 15.2 Å². The van der Waals surface area contributed by atoms with Gasteiger partial charge in [-0.25, -0.2) is 4.39 Å². The number of aromatic nitrogens is 1. The second-order valence-corrected chi connectivity index (χ2v) is 9.61. The molecule has 3 fully saturated rings. The quantitative estimate of drug-likeness (QED) is 0.787. The Morgan fingerprint density at radius 3 is 2.87 bits per heavy atom. The van der Waals surface area contributed by atoms with Crippen LogP contribution in [0.3, 0.4) is 0 Å². The Morgan fingerprint density at radius 1 is 1.32 bits per heavy atom. The molecule has 1 N–H and O–H groups in total. The lowest BCUT2D eigenvalue weighted by atomic mass is 9.62. The zero-order valence-electron chi connectivity index (χ0n) is 16.9. The van der Waals surface area contributed by atoms with Gasteiger partial charge in [-0.2, -0.15) is 5.26 Å². The number of anilines is 1. The number of hydrogen-bond donors (Lipinski definition) is 1. The van der Waals surface area contributed by atoms with Crippen molar-refractivity contribution in [3.63, 3.8) is 0 Å². The Balaban J connectivity index is 1.29. The molecule has 1 unspecified atom stereocenters. The molecule has 1 atom stereocenters. The summed E-state index contributed by atoms with van der Waals surface area (Å²) >= 11 is 1.53. The predicted molar refractivity (Wildman–Crippen MR) is 116 cm³/mol. The van der Waals surface area contributed by atoms with Crippen molar-refractivity contribution in [2.45, 2.75) is 25.1 Å². The maximum absolute atomic E-state index is 13.3. The molecule has 0 bridgehead atoms. The third-order valence-corrected chi connectivity index (χ3v) is 7.46. The second-order valence-electron chi connectivity index (χ2n) is 8.61. The molecule has 2 amide bonds. The summed E-state index contributed by atoms with van der Waals surface area (Å²) in [6, 6.07) is 9.13. The van der Waals surface area contributed by atoms with Crippen LogP contribution < -0.4 is 10.2 Å². The Hall–Kier alpha value is -2.86. The van der Waals surface area contributed by atoms with Crippen LogP contribution in [0.2, 0.25) is 0 Å². The van der Waals surface area contributed by atoms with Crippen LogP contribution in [0.1, 0.15) is 23.2 Å². The number of rotatable bonds is 4. The molecule has 5 rings (SSSR count). The summed E-state index contributed by atoms with van der Waals surface area (Å²) in [4.78, 5) is 33.3. The summed E-state index contributed by atoms with van der Waals surface area (Å²) in [7, 11) is 0. The minimum absolute atomic E-state index is 0.124. The molecule has 1 aromatic heterocycles. The SMILES string of the molecule is N#CC1CSCN1C(=O)CNC(=O)c1ccnc2ccc(N3CC4(CC(F)C4)C3)cc12. The van der Waals surface area contributed by atoms with Gasteiger partial charge in [-0.3, -0.25) is 14.6 Å². The molecule has 2 saturated heterocycles. The molecule has 3 aliphatic rings. The molecule has 7 nitrogen and oxygen atoms in total. The van der Waals surface area contributed by atoms with Gasteiger partial charge in [-0.15, -0.1) is 11.8 Å². The van der Waals surface area contributed by atoms with E-state index in [-0.39, 0.29) is 23.8 Å². The van der Waals surface area contributed by atoms with Crippen LogP contribution >= 0.6 is 11.8 Å². The van der Waals surface area contributed by atoms with Crippen LogP contribution in [-0.2, 0) is 4.79 Å². The number of carbonyl (C=O) groups is 2. The average Bonchev–Trinajstić information content (AvgIpc) is 3.21. The van der Waals surface area contributed by atoms with Crippen LogP contribution in [0.15, 0.2) is 30.5 Å². The van der Waals surface area contributed by atoms with Gasteiger partial charge in [0, 0.05) is 41.5 Å². The Kier molecular flexibility index (Phi) is 4.97. The van der Waals surface area contributed by atoms with E-state index in [9.17, 15) is 14.0 Å². The highest BCUT2D eigenvalue weighted by Gasteiger charge is 2.52. The number of amides is 2. The van der Waals surface area contributed by atoms with Gasteiger partial charge >= 0.3 is 0 Å². The number of nitriles is 1. The molecule has 1 spiro atoms. The summed E-state index contributed by atoms with van der Waals surface area (Å²) in [5.74, 6) is 0.450. The number of carbonyl (C=O) groups excluding carboxylic acids is 2. The van der Waals surface area contributed by atoms with Crippen molar-refractivity contribution in [3.8, 4) is 6.07 Å². The smallest absolute Gasteiger partial charge is 0.252 e. The third kappa shape index (κ3) is 3.59. The van der Waals surface area contributed by atoms with Gasteiger partial charge in [-0.1, -0.05) is 0 Å². The first-order valence-electron chi connectivity index (χ1n) is 10.3. The third-order valence-electron chi connectivity index (χ3n) is 6.45. The van der Waals surface area contributed by atoms with Gasteiger partial charge in [-0.05, 0) is 37.1 Å². The molecule has 2 aliphatic heterocycles. The summed E-state index contributed by atoms with van der Waals surface area (Å²) in [5.41, 5.74) is 2.27. The largest absolute Gasteiger partial charge is 0.370 e. The number of thioether (sulfide) groups is 1. The number of fused-ring (bicyclic) bond motifs is 1. The molecule has 2 aromatic rings. The summed E-state index contributed by atoms with van der Waals surface area (Å²) in [6.45, 7) is 1.52. The van der Waals surface area contributed by atoms with Crippen molar-refractivity contribution in [1.29, 1.82) is 5.26 Å². The molecular formula is C22H22FN5O2S. The molecule has 160 valence electrons. The van der Waals surface area contributed by atoms with Crippen LogP contribution in [0.5, 0.6) is 0 Å². The topological polar surface area (TPSA) is 89.3 Å². The van der Waals surface area contributed by atoms with Gasteiger partial charge in [0.25, 0.3) is 5.91 Å². The monoisotopic (exact) mass is 439 g/mol. The number of pyridine rings is 1. The van der Waals surface area contributed by atoms with Crippen LogP contribution in [0.4, 0.5) is 10.1 Å².